The topological polar surface area (TPSA) is 51.6 Å². The number of aromatic nitrogens is 4. The molecule has 0 atom stereocenters. The molecule has 0 saturated heterocycles. The van der Waals surface area contributed by atoms with Crippen LogP contribution in [-0.2, 0) is 0 Å². The van der Waals surface area contributed by atoms with Crippen molar-refractivity contribution in [2.75, 3.05) is 0 Å². The molecule has 9 aromatic carbocycles. The predicted molar refractivity (Wildman–Crippen MR) is 256 cm³/mol. The van der Waals surface area contributed by atoms with Crippen LogP contribution in [0.15, 0.2) is 231 Å². The summed E-state index contributed by atoms with van der Waals surface area (Å²) < 4.78 is 0. The minimum Gasteiger partial charge on any atom is -0.264 e. The van der Waals surface area contributed by atoms with Gasteiger partial charge in [-0.05, 0) is 96.1 Å². The van der Waals surface area contributed by atoms with Gasteiger partial charge in [0.1, 0.15) is 0 Å². The second-order valence-electron chi connectivity index (χ2n) is 15.5. The third kappa shape index (κ3) is 7.31. The maximum absolute atomic E-state index is 5.06. The maximum Gasteiger partial charge on any atom is 0.164 e. The standard InChI is InChI=1S/C58H38N4/c1-3-9-39(10-4-1)41-17-24-45(25-18-41)56-60-57(46-26-19-42(20-27-46)40-11-5-2-6-12-40)62-58(61-56)47-28-21-43(22-29-47)48-13-7-14-49(35-48)50-15-8-16-51(36-50)52-31-32-54-53(37-52)30-23-44-33-34-59-38-55(44)54/h1-38H. The molecule has 0 aliphatic carbocycles. The lowest BCUT2D eigenvalue weighted by Gasteiger charge is -2.11. The summed E-state index contributed by atoms with van der Waals surface area (Å²) in [7, 11) is 0. The van der Waals surface area contributed by atoms with E-state index in [1.807, 2.05) is 24.5 Å². The molecule has 62 heavy (non-hydrogen) atoms. The number of benzene rings is 9. The first-order valence-corrected chi connectivity index (χ1v) is 20.8. The fourth-order valence-corrected chi connectivity index (χ4v) is 8.30. The lowest BCUT2D eigenvalue weighted by molar-refractivity contribution is 1.07. The molecule has 4 nitrogen and oxygen atoms in total. The zero-order valence-corrected chi connectivity index (χ0v) is 33.7. The van der Waals surface area contributed by atoms with Crippen LogP contribution in [0.2, 0.25) is 0 Å². The van der Waals surface area contributed by atoms with E-state index in [2.05, 4.69) is 211 Å². The third-order valence-electron chi connectivity index (χ3n) is 11.6. The summed E-state index contributed by atoms with van der Waals surface area (Å²) in [5, 5.41) is 4.80. The van der Waals surface area contributed by atoms with E-state index in [0.717, 1.165) is 44.5 Å². The Labute approximate surface area is 360 Å². The molecule has 2 aromatic heterocycles. The van der Waals surface area contributed by atoms with Gasteiger partial charge in [0.15, 0.2) is 17.5 Å². The van der Waals surface area contributed by atoms with Crippen molar-refractivity contribution in [1.82, 2.24) is 19.9 Å². The Hall–Kier alpha value is -8.34. The van der Waals surface area contributed by atoms with Gasteiger partial charge in [-0.2, -0.15) is 0 Å². The average molecular weight is 791 g/mol. The first-order chi connectivity index (χ1) is 30.7. The first kappa shape index (κ1) is 36.7. The van der Waals surface area contributed by atoms with Crippen molar-refractivity contribution in [3.8, 4) is 89.8 Å². The molecule has 11 rings (SSSR count). The molecule has 0 amide bonds. The summed E-state index contributed by atoms with van der Waals surface area (Å²) in [6, 6.07) is 77.0. The lowest BCUT2D eigenvalue weighted by Crippen LogP contribution is -2.00. The molecule has 0 aliphatic rings. The second kappa shape index (κ2) is 16.0. The molecule has 0 radical (unpaired) electrons. The van der Waals surface area contributed by atoms with Crippen LogP contribution in [0.1, 0.15) is 0 Å². The summed E-state index contributed by atoms with van der Waals surface area (Å²) in [5.74, 6) is 1.88. The van der Waals surface area contributed by atoms with E-state index in [0.29, 0.717) is 17.5 Å². The SMILES string of the molecule is c1ccc(-c2ccc(-c3nc(-c4ccc(-c5ccccc5)cc4)nc(-c4ccc(-c5cccc(-c6cccc(-c7ccc8c(ccc9ccncc98)c7)c6)c5)cc4)n3)cc2)cc1. The monoisotopic (exact) mass is 790 g/mol. The highest BCUT2D eigenvalue weighted by Gasteiger charge is 2.14. The van der Waals surface area contributed by atoms with Gasteiger partial charge in [0.05, 0.1) is 0 Å². The van der Waals surface area contributed by atoms with E-state index >= 15 is 0 Å². The number of fused-ring (bicyclic) bond motifs is 3. The third-order valence-corrected chi connectivity index (χ3v) is 11.6. The van der Waals surface area contributed by atoms with Crippen LogP contribution >= 0.6 is 0 Å². The molecule has 0 bridgehead atoms. The average Bonchev–Trinajstić information content (AvgIpc) is 3.37. The van der Waals surface area contributed by atoms with E-state index < -0.39 is 0 Å². The van der Waals surface area contributed by atoms with Crippen molar-refractivity contribution >= 4 is 21.5 Å². The van der Waals surface area contributed by atoms with Crippen molar-refractivity contribution < 1.29 is 0 Å². The molecule has 0 aliphatic heterocycles. The summed E-state index contributed by atoms with van der Waals surface area (Å²) in [4.78, 5) is 19.5. The molecule has 0 N–H and O–H groups in total. The van der Waals surface area contributed by atoms with E-state index in [1.54, 1.807) is 0 Å². The fourth-order valence-electron chi connectivity index (χ4n) is 8.30. The van der Waals surface area contributed by atoms with Crippen LogP contribution in [0.25, 0.3) is 111 Å². The lowest BCUT2D eigenvalue weighted by atomic mass is 9.94. The highest BCUT2D eigenvalue weighted by molar-refractivity contribution is 6.08. The minimum atomic E-state index is 0.625. The van der Waals surface area contributed by atoms with Crippen LogP contribution < -0.4 is 0 Å². The Kier molecular flexibility index (Phi) is 9.49. The molecular weight excluding hydrogens is 753 g/mol. The van der Waals surface area contributed by atoms with Gasteiger partial charge in [0, 0.05) is 34.5 Å². The maximum atomic E-state index is 5.06. The summed E-state index contributed by atoms with van der Waals surface area (Å²) in [6.45, 7) is 0. The molecule has 290 valence electrons. The number of rotatable bonds is 8. The smallest absolute Gasteiger partial charge is 0.164 e. The number of nitrogens with zero attached hydrogens (tertiary/aromatic N) is 4. The predicted octanol–water partition coefficient (Wildman–Crippen LogP) is 14.9. The van der Waals surface area contributed by atoms with Crippen LogP contribution in [0.3, 0.4) is 0 Å². The normalized spacial score (nSPS) is 11.2. The summed E-state index contributed by atoms with van der Waals surface area (Å²) >= 11 is 0. The molecule has 0 saturated carbocycles. The van der Waals surface area contributed by atoms with Crippen molar-refractivity contribution in [3.05, 3.63) is 231 Å². The molecule has 11 aromatic rings. The zero-order valence-electron chi connectivity index (χ0n) is 33.7. The highest BCUT2D eigenvalue weighted by Crippen LogP contribution is 2.34. The van der Waals surface area contributed by atoms with Gasteiger partial charge in [-0.25, -0.2) is 15.0 Å². The molecule has 2 heterocycles. The van der Waals surface area contributed by atoms with Crippen molar-refractivity contribution in [1.29, 1.82) is 0 Å². The van der Waals surface area contributed by atoms with Crippen molar-refractivity contribution in [3.63, 3.8) is 0 Å². The van der Waals surface area contributed by atoms with Gasteiger partial charge in [-0.15, -0.1) is 0 Å². The Bertz CT molecular complexity index is 3260. The first-order valence-electron chi connectivity index (χ1n) is 20.8. The summed E-state index contributed by atoms with van der Waals surface area (Å²) in [5.41, 5.74) is 14.4. The van der Waals surface area contributed by atoms with Gasteiger partial charge in [0.2, 0.25) is 0 Å². The molecular formula is C58H38N4. The van der Waals surface area contributed by atoms with E-state index in [1.165, 1.54) is 49.4 Å². The number of pyridine rings is 1. The second-order valence-corrected chi connectivity index (χ2v) is 15.5. The Morgan fingerprint density at radius 2 is 0.581 bits per heavy atom. The van der Waals surface area contributed by atoms with E-state index in [4.69, 9.17) is 15.0 Å². The molecule has 0 fully saturated rings. The summed E-state index contributed by atoms with van der Waals surface area (Å²) in [6.07, 6.45) is 3.80. The highest BCUT2D eigenvalue weighted by atomic mass is 15.0. The largest absolute Gasteiger partial charge is 0.264 e. The Morgan fingerprint density at radius 1 is 0.226 bits per heavy atom. The van der Waals surface area contributed by atoms with E-state index in [-0.39, 0.29) is 0 Å². The fraction of sp³-hybridized carbons (Fsp3) is 0. The number of hydrogen-bond acceptors (Lipinski definition) is 4. The molecule has 4 heteroatoms. The Balaban J connectivity index is 0.903. The quantitative estimate of drug-likeness (QED) is 0.144. The van der Waals surface area contributed by atoms with Gasteiger partial charge in [0.25, 0.3) is 0 Å². The molecule has 0 unspecified atom stereocenters. The van der Waals surface area contributed by atoms with Gasteiger partial charge < -0.3 is 0 Å². The van der Waals surface area contributed by atoms with Gasteiger partial charge >= 0.3 is 0 Å². The minimum absolute atomic E-state index is 0.625. The van der Waals surface area contributed by atoms with Crippen LogP contribution in [0.4, 0.5) is 0 Å². The van der Waals surface area contributed by atoms with Crippen LogP contribution in [0.5, 0.6) is 0 Å². The van der Waals surface area contributed by atoms with Gasteiger partial charge in [-0.1, -0.05) is 194 Å². The zero-order chi connectivity index (χ0) is 41.2. The van der Waals surface area contributed by atoms with Crippen molar-refractivity contribution in [2.45, 2.75) is 0 Å². The Morgan fingerprint density at radius 3 is 1.06 bits per heavy atom. The van der Waals surface area contributed by atoms with Crippen LogP contribution in [0, 0.1) is 0 Å². The van der Waals surface area contributed by atoms with Gasteiger partial charge in [-0.3, -0.25) is 4.98 Å². The van der Waals surface area contributed by atoms with Crippen molar-refractivity contribution in [2.24, 2.45) is 0 Å². The molecule has 0 spiro atoms. The number of hydrogen-bond donors (Lipinski definition) is 0. The van der Waals surface area contributed by atoms with Crippen LogP contribution in [-0.4, -0.2) is 19.9 Å². The van der Waals surface area contributed by atoms with E-state index in [9.17, 15) is 0 Å².